The Morgan fingerprint density at radius 3 is 2.86 bits per heavy atom. The average Bonchev–Trinajstić information content (AvgIpc) is 2.88. The van der Waals surface area contributed by atoms with Crippen molar-refractivity contribution in [1.29, 1.82) is 0 Å². The van der Waals surface area contributed by atoms with Crippen LogP contribution >= 0.6 is 0 Å². The normalized spacial score (nSPS) is 10.9. The number of benzene rings is 1. The van der Waals surface area contributed by atoms with Crippen LogP contribution in [0.3, 0.4) is 0 Å². The lowest BCUT2D eigenvalue weighted by Gasteiger charge is -2.18. The SMILES string of the molecule is Cc1nc2c(C(=O)N(C)Cc3ccncc3C)cccc2[nH]1. The van der Waals surface area contributed by atoms with E-state index < -0.39 is 0 Å². The summed E-state index contributed by atoms with van der Waals surface area (Å²) in [6.45, 7) is 4.43. The van der Waals surface area contributed by atoms with E-state index in [1.54, 1.807) is 18.1 Å². The standard InChI is InChI=1S/C17H18N4O/c1-11-9-18-8-7-13(11)10-21(3)17(22)14-5-4-6-15-16(14)20-12(2)19-15/h4-9H,10H2,1-3H3,(H,19,20). The smallest absolute Gasteiger partial charge is 0.256 e. The molecule has 1 amide bonds. The summed E-state index contributed by atoms with van der Waals surface area (Å²) < 4.78 is 0. The zero-order valence-corrected chi connectivity index (χ0v) is 12.9. The molecular weight excluding hydrogens is 276 g/mol. The molecule has 1 aromatic carbocycles. The first-order valence-electron chi connectivity index (χ1n) is 7.16. The van der Waals surface area contributed by atoms with Gasteiger partial charge in [-0.05, 0) is 43.2 Å². The van der Waals surface area contributed by atoms with Crippen LogP contribution in [0.15, 0.2) is 36.7 Å². The largest absolute Gasteiger partial charge is 0.342 e. The highest BCUT2D eigenvalue weighted by Crippen LogP contribution is 2.19. The number of hydrogen-bond donors (Lipinski definition) is 1. The Labute approximate surface area is 129 Å². The van der Waals surface area contributed by atoms with Crippen molar-refractivity contribution < 1.29 is 4.79 Å². The maximum Gasteiger partial charge on any atom is 0.256 e. The molecule has 5 nitrogen and oxygen atoms in total. The molecule has 0 unspecified atom stereocenters. The average molecular weight is 294 g/mol. The van der Waals surface area contributed by atoms with E-state index >= 15 is 0 Å². The van der Waals surface area contributed by atoms with E-state index in [-0.39, 0.29) is 5.91 Å². The maximum atomic E-state index is 12.7. The van der Waals surface area contributed by atoms with Crippen molar-refractivity contribution >= 4 is 16.9 Å². The summed E-state index contributed by atoms with van der Waals surface area (Å²) in [6, 6.07) is 7.57. The quantitative estimate of drug-likeness (QED) is 0.808. The van der Waals surface area contributed by atoms with E-state index in [1.807, 2.05) is 44.3 Å². The number of H-pyrrole nitrogens is 1. The molecule has 0 saturated heterocycles. The molecule has 2 heterocycles. The molecule has 0 aliphatic rings. The van der Waals surface area contributed by atoms with Crippen LogP contribution in [0.1, 0.15) is 27.3 Å². The number of fused-ring (bicyclic) bond motifs is 1. The van der Waals surface area contributed by atoms with E-state index in [1.165, 1.54) is 0 Å². The van der Waals surface area contributed by atoms with Gasteiger partial charge in [-0.2, -0.15) is 0 Å². The predicted molar refractivity (Wildman–Crippen MR) is 85.6 cm³/mol. The van der Waals surface area contributed by atoms with Crippen LogP contribution in [0.25, 0.3) is 11.0 Å². The number of aromatic nitrogens is 3. The summed E-state index contributed by atoms with van der Waals surface area (Å²) in [5.41, 5.74) is 4.41. The van der Waals surface area contributed by atoms with Crippen LogP contribution in [0.4, 0.5) is 0 Å². The Kier molecular flexibility index (Phi) is 3.63. The number of pyridine rings is 1. The number of carbonyl (C=O) groups excluding carboxylic acids is 1. The van der Waals surface area contributed by atoms with Crippen molar-refractivity contribution in [3.63, 3.8) is 0 Å². The molecule has 0 atom stereocenters. The molecule has 2 aromatic heterocycles. The topological polar surface area (TPSA) is 61.9 Å². The first kappa shape index (κ1) is 14.3. The van der Waals surface area contributed by atoms with Gasteiger partial charge >= 0.3 is 0 Å². The molecular formula is C17H18N4O. The molecule has 5 heteroatoms. The van der Waals surface area contributed by atoms with E-state index in [0.29, 0.717) is 12.1 Å². The molecule has 1 N–H and O–H groups in total. The molecule has 0 radical (unpaired) electrons. The highest BCUT2D eigenvalue weighted by Gasteiger charge is 2.17. The van der Waals surface area contributed by atoms with Crippen molar-refractivity contribution in [2.24, 2.45) is 0 Å². The van der Waals surface area contributed by atoms with Gasteiger partial charge in [-0.15, -0.1) is 0 Å². The fourth-order valence-electron chi connectivity index (χ4n) is 2.54. The fourth-order valence-corrected chi connectivity index (χ4v) is 2.54. The predicted octanol–water partition coefficient (Wildman–Crippen LogP) is 2.85. The van der Waals surface area contributed by atoms with E-state index in [2.05, 4.69) is 15.0 Å². The first-order chi connectivity index (χ1) is 10.6. The molecule has 3 aromatic rings. The van der Waals surface area contributed by atoms with Crippen LogP contribution in [-0.2, 0) is 6.54 Å². The second-order valence-corrected chi connectivity index (χ2v) is 5.49. The van der Waals surface area contributed by atoms with Gasteiger partial charge < -0.3 is 9.88 Å². The third kappa shape index (κ3) is 2.57. The minimum absolute atomic E-state index is 0.0340. The summed E-state index contributed by atoms with van der Waals surface area (Å²) in [5, 5.41) is 0. The Morgan fingerprint density at radius 1 is 1.27 bits per heavy atom. The number of rotatable bonds is 3. The Hall–Kier alpha value is -2.69. The Balaban J connectivity index is 1.90. The van der Waals surface area contributed by atoms with Gasteiger partial charge in [0.05, 0.1) is 11.1 Å². The summed E-state index contributed by atoms with van der Waals surface area (Å²) in [5.74, 6) is 0.774. The minimum Gasteiger partial charge on any atom is -0.342 e. The third-order valence-electron chi connectivity index (χ3n) is 3.75. The van der Waals surface area contributed by atoms with Gasteiger partial charge in [-0.25, -0.2) is 4.98 Å². The summed E-state index contributed by atoms with van der Waals surface area (Å²) in [4.78, 5) is 26.1. The molecule has 0 saturated carbocycles. The van der Waals surface area contributed by atoms with Crippen LogP contribution in [0, 0.1) is 13.8 Å². The van der Waals surface area contributed by atoms with Gasteiger partial charge in [0, 0.05) is 26.0 Å². The molecule has 0 spiro atoms. The van der Waals surface area contributed by atoms with Gasteiger partial charge in [0.2, 0.25) is 0 Å². The number of nitrogens with zero attached hydrogens (tertiary/aromatic N) is 3. The highest BCUT2D eigenvalue weighted by atomic mass is 16.2. The van der Waals surface area contributed by atoms with Crippen molar-refractivity contribution in [3.05, 3.63) is 59.2 Å². The fraction of sp³-hybridized carbons (Fsp3) is 0.235. The van der Waals surface area contributed by atoms with Crippen molar-refractivity contribution in [2.75, 3.05) is 7.05 Å². The highest BCUT2D eigenvalue weighted by molar-refractivity contribution is 6.04. The number of amides is 1. The van der Waals surface area contributed by atoms with Gasteiger partial charge in [-0.3, -0.25) is 9.78 Å². The van der Waals surface area contributed by atoms with E-state index in [9.17, 15) is 4.79 Å². The van der Waals surface area contributed by atoms with Gasteiger partial charge in [0.15, 0.2) is 0 Å². The number of nitrogens with one attached hydrogen (secondary N) is 1. The number of aryl methyl sites for hydroxylation is 2. The second kappa shape index (κ2) is 5.60. The number of hydrogen-bond acceptors (Lipinski definition) is 3. The number of imidazole rings is 1. The lowest BCUT2D eigenvalue weighted by atomic mass is 10.1. The van der Waals surface area contributed by atoms with Crippen LogP contribution < -0.4 is 0 Å². The minimum atomic E-state index is -0.0340. The van der Waals surface area contributed by atoms with E-state index in [0.717, 1.165) is 28.0 Å². The Bertz CT molecular complexity index is 838. The van der Waals surface area contributed by atoms with Crippen LogP contribution in [-0.4, -0.2) is 32.8 Å². The van der Waals surface area contributed by atoms with Crippen LogP contribution in [0.2, 0.25) is 0 Å². The Morgan fingerprint density at radius 2 is 2.09 bits per heavy atom. The van der Waals surface area contributed by atoms with Gasteiger partial charge in [-0.1, -0.05) is 6.07 Å². The van der Waals surface area contributed by atoms with Gasteiger partial charge in [0.1, 0.15) is 11.3 Å². The number of aromatic amines is 1. The third-order valence-corrected chi connectivity index (χ3v) is 3.75. The van der Waals surface area contributed by atoms with Crippen molar-refractivity contribution in [2.45, 2.75) is 20.4 Å². The number of para-hydroxylation sites is 1. The molecule has 3 rings (SSSR count). The molecule has 0 aliphatic carbocycles. The molecule has 0 fully saturated rings. The van der Waals surface area contributed by atoms with Gasteiger partial charge in [0.25, 0.3) is 5.91 Å². The van der Waals surface area contributed by atoms with E-state index in [4.69, 9.17) is 0 Å². The maximum absolute atomic E-state index is 12.7. The summed E-state index contributed by atoms with van der Waals surface area (Å²) >= 11 is 0. The summed E-state index contributed by atoms with van der Waals surface area (Å²) in [6.07, 6.45) is 3.56. The second-order valence-electron chi connectivity index (χ2n) is 5.49. The zero-order valence-electron chi connectivity index (χ0n) is 12.9. The molecule has 22 heavy (non-hydrogen) atoms. The molecule has 0 bridgehead atoms. The lowest BCUT2D eigenvalue weighted by Crippen LogP contribution is -2.26. The van der Waals surface area contributed by atoms with Crippen molar-refractivity contribution in [3.8, 4) is 0 Å². The monoisotopic (exact) mass is 294 g/mol. The first-order valence-corrected chi connectivity index (χ1v) is 7.16. The molecule has 112 valence electrons. The molecule has 0 aliphatic heterocycles. The van der Waals surface area contributed by atoms with Crippen LogP contribution in [0.5, 0.6) is 0 Å². The zero-order chi connectivity index (χ0) is 15.7. The summed E-state index contributed by atoms with van der Waals surface area (Å²) in [7, 11) is 1.81. The number of carbonyl (C=O) groups is 1. The van der Waals surface area contributed by atoms with Crippen molar-refractivity contribution in [1.82, 2.24) is 19.9 Å². The lowest BCUT2D eigenvalue weighted by molar-refractivity contribution is 0.0786.